The summed E-state index contributed by atoms with van der Waals surface area (Å²) in [5, 5.41) is 10.7. The number of carbonyl (C=O) groups excluding carboxylic acids is 1. The Morgan fingerprint density at radius 1 is 1.35 bits per heavy atom. The molecule has 1 N–H and O–H groups in total. The SMILES string of the molecule is COCCn1ccnc1C1CCCN(C(=O)c2ccc3n[nH]nc3c2)C1. The molecule has 3 heterocycles. The van der Waals surface area contributed by atoms with E-state index in [1.165, 1.54) is 0 Å². The third kappa shape index (κ3) is 3.20. The van der Waals surface area contributed by atoms with Gasteiger partial charge in [-0.2, -0.15) is 15.4 Å². The van der Waals surface area contributed by atoms with Crippen LogP contribution in [0.2, 0.25) is 0 Å². The summed E-state index contributed by atoms with van der Waals surface area (Å²) in [7, 11) is 1.70. The number of piperidine rings is 1. The van der Waals surface area contributed by atoms with Crippen LogP contribution in [-0.2, 0) is 11.3 Å². The maximum Gasteiger partial charge on any atom is 0.253 e. The van der Waals surface area contributed by atoms with E-state index in [0.717, 1.165) is 37.3 Å². The van der Waals surface area contributed by atoms with Crippen molar-refractivity contribution in [3.8, 4) is 0 Å². The van der Waals surface area contributed by atoms with Gasteiger partial charge in [0.1, 0.15) is 16.9 Å². The third-order valence-electron chi connectivity index (χ3n) is 4.92. The van der Waals surface area contributed by atoms with Crippen LogP contribution in [0.1, 0.15) is 34.9 Å². The zero-order valence-corrected chi connectivity index (χ0v) is 14.8. The van der Waals surface area contributed by atoms with Gasteiger partial charge in [-0.3, -0.25) is 4.79 Å². The van der Waals surface area contributed by atoms with Crippen LogP contribution in [0.4, 0.5) is 0 Å². The highest BCUT2D eigenvalue weighted by Gasteiger charge is 2.28. The number of H-pyrrole nitrogens is 1. The number of fused-ring (bicyclic) bond motifs is 1. The first kappa shape index (κ1) is 16.7. The Morgan fingerprint density at radius 2 is 2.23 bits per heavy atom. The fourth-order valence-electron chi connectivity index (χ4n) is 3.59. The van der Waals surface area contributed by atoms with E-state index in [1.807, 2.05) is 29.4 Å². The smallest absolute Gasteiger partial charge is 0.253 e. The van der Waals surface area contributed by atoms with Gasteiger partial charge in [0.15, 0.2) is 0 Å². The molecule has 1 aliphatic rings. The standard InChI is InChI=1S/C18H22N6O2/c1-26-10-9-23-8-6-19-17(23)14-3-2-7-24(12-14)18(25)13-4-5-15-16(11-13)21-22-20-15/h4-6,8,11,14H,2-3,7,9-10,12H2,1H3,(H,20,21,22). The first-order valence-electron chi connectivity index (χ1n) is 8.86. The zero-order valence-electron chi connectivity index (χ0n) is 14.8. The summed E-state index contributed by atoms with van der Waals surface area (Å²) >= 11 is 0. The van der Waals surface area contributed by atoms with Gasteiger partial charge in [-0.25, -0.2) is 4.98 Å². The summed E-state index contributed by atoms with van der Waals surface area (Å²) in [6, 6.07) is 5.44. The number of nitrogens with one attached hydrogen (secondary N) is 1. The van der Waals surface area contributed by atoms with E-state index < -0.39 is 0 Å². The largest absolute Gasteiger partial charge is 0.383 e. The average Bonchev–Trinajstić information content (AvgIpc) is 3.34. The lowest BCUT2D eigenvalue weighted by Gasteiger charge is -2.32. The number of ether oxygens (including phenoxy) is 1. The van der Waals surface area contributed by atoms with Crippen LogP contribution >= 0.6 is 0 Å². The predicted octanol–water partition coefficient (Wildman–Crippen LogP) is 1.82. The molecule has 3 aromatic rings. The lowest BCUT2D eigenvalue weighted by atomic mass is 9.96. The van der Waals surface area contributed by atoms with Crippen LogP contribution < -0.4 is 0 Å². The molecule has 4 rings (SSSR count). The van der Waals surface area contributed by atoms with Gasteiger partial charge in [0, 0.05) is 50.6 Å². The van der Waals surface area contributed by atoms with Crippen LogP contribution in [0.15, 0.2) is 30.6 Å². The number of rotatable bonds is 5. The van der Waals surface area contributed by atoms with Gasteiger partial charge in [0.05, 0.1) is 6.61 Å². The quantitative estimate of drug-likeness (QED) is 0.755. The number of methoxy groups -OCH3 is 1. The molecule has 8 nitrogen and oxygen atoms in total. The number of aromatic nitrogens is 5. The summed E-state index contributed by atoms with van der Waals surface area (Å²) in [6.45, 7) is 2.88. The number of hydrogen-bond acceptors (Lipinski definition) is 5. The van der Waals surface area contributed by atoms with E-state index in [0.29, 0.717) is 24.2 Å². The van der Waals surface area contributed by atoms with Crippen molar-refractivity contribution in [3.05, 3.63) is 42.0 Å². The van der Waals surface area contributed by atoms with Crippen molar-refractivity contribution >= 4 is 16.9 Å². The topological polar surface area (TPSA) is 88.9 Å². The van der Waals surface area contributed by atoms with Crippen LogP contribution in [-0.4, -0.2) is 62.6 Å². The maximum atomic E-state index is 13.0. The zero-order chi connectivity index (χ0) is 17.9. The van der Waals surface area contributed by atoms with Gasteiger partial charge in [0.25, 0.3) is 5.91 Å². The Bertz CT molecular complexity index is 902. The molecule has 8 heteroatoms. The van der Waals surface area contributed by atoms with Crippen LogP contribution in [0.3, 0.4) is 0 Å². The lowest BCUT2D eigenvalue weighted by Crippen LogP contribution is -2.39. The van der Waals surface area contributed by atoms with Crippen LogP contribution in [0.5, 0.6) is 0 Å². The molecular formula is C18H22N6O2. The highest BCUT2D eigenvalue weighted by molar-refractivity contribution is 5.97. The highest BCUT2D eigenvalue weighted by Crippen LogP contribution is 2.27. The van der Waals surface area contributed by atoms with E-state index in [9.17, 15) is 4.79 Å². The van der Waals surface area contributed by atoms with Gasteiger partial charge in [-0.05, 0) is 31.0 Å². The van der Waals surface area contributed by atoms with Gasteiger partial charge >= 0.3 is 0 Å². The minimum atomic E-state index is 0.0367. The molecular weight excluding hydrogens is 332 g/mol. The second-order valence-corrected chi connectivity index (χ2v) is 6.59. The van der Waals surface area contributed by atoms with Crippen molar-refractivity contribution in [2.45, 2.75) is 25.3 Å². The molecule has 1 atom stereocenters. The number of imidazole rings is 1. The molecule has 0 radical (unpaired) electrons. The Labute approximate surface area is 151 Å². The summed E-state index contributed by atoms with van der Waals surface area (Å²) in [6.07, 6.45) is 5.81. The van der Waals surface area contributed by atoms with Gasteiger partial charge in [-0.15, -0.1) is 0 Å². The van der Waals surface area contributed by atoms with E-state index in [4.69, 9.17) is 4.74 Å². The summed E-state index contributed by atoms with van der Waals surface area (Å²) in [5.41, 5.74) is 2.12. The molecule has 1 aromatic carbocycles. The second kappa shape index (κ2) is 7.25. The van der Waals surface area contributed by atoms with E-state index in [2.05, 4.69) is 25.0 Å². The lowest BCUT2D eigenvalue weighted by molar-refractivity contribution is 0.0702. The second-order valence-electron chi connectivity index (χ2n) is 6.59. The first-order valence-corrected chi connectivity index (χ1v) is 8.86. The molecule has 26 heavy (non-hydrogen) atoms. The number of nitrogens with zero attached hydrogens (tertiary/aromatic N) is 5. The molecule has 0 saturated carbocycles. The van der Waals surface area contributed by atoms with Gasteiger partial charge in [0.2, 0.25) is 0 Å². The number of hydrogen-bond donors (Lipinski definition) is 1. The van der Waals surface area contributed by atoms with Crippen LogP contribution in [0, 0.1) is 0 Å². The molecule has 1 unspecified atom stereocenters. The predicted molar refractivity (Wildman–Crippen MR) is 95.9 cm³/mol. The monoisotopic (exact) mass is 354 g/mol. The van der Waals surface area contributed by atoms with Gasteiger partial charge in [-0.1, -0.05) is 0 Å². The van der Waals surface area contributed by atoms with Crippen LogP contribution in [0.25, 0.3) is 11.0 Å². The summed E-state index contributed by atoms with van der Waals surface area (Å²) in [5.74, 6) is 1.32. The number of aromatic amines is 1. The fraction of sp³-hybridized carbons (Fsp3) is 0.444. The van der Waals surface area contributed by atoms with Crippen molar-refractivity contribution in [2.75, 3.05) is 26.8 Å². The minimum Gasteiger partial charge on any atom is -0.383 e. The Kier molecular flexibility index (Phi) is 4.66. The molecule has 1 aliphatic heterocycles. The summed E-state index contributed by atoms with van der Waals surface area (Å²) < 4.78 is 7.30. The molecule has 136 valence electrons. The maximum absolute atomic E-state index is 13.0. The van der Waals surface area contributed by atoms with Crippen molar-refractivity contribution in [1.82, 2.24) is 29.9 Å². The van der Waals surface area contributed by atoms with E-state index in [1.54, 1.807) is 13.2 Å². The fourth-order valence-corrected chi connectivity index (χ4v) is 3.59. The van der Waals surface area contributed by atoms with E-state index in [-0.39, 0.29) is 11.8 Å². The summed E-state index contributed by atoms with van der Waals surface area (Å²) in [4.78, 5) is 19.4. The minimum absolute atomic E-state index is 0.0367. The number of carbonyl (C=O) groups is 1. The molecule has 1 fully saturated rings. The molecule has 1 saturated heterocycles. The van der Waals surface area contributed by atoms with Gasteiger partial charge < -0.3 is 14.2 Å². The number of benzene rings is 1. The Balaban J connectivity index is 1.51. The van der Waals surface area contributed by atoms with Crippen molar-refractivity contribution < 1.29 is 9.53 Å². The first-order chi connectivity index (χ1) is 12.8. The third-order valence-corrected chi connectivity index (χ3v) is 4.92. The number of amides is 1. The van der Waals surface area contributed by atoms with Crippen molar-refractivity contribution in [3.63, 3.8) is 0 Å². The number of likely N-dealkylation sites (tertiary alicyclic amines) is 1. The molecule has 0 spiro atoms. The molecule has 0 aliphatic carbocycles. The van der Waals surface area contributed by atoms with Crippen molar-refractivity contribution in [2.24, 2.45) is 0 Å². The molecule has 0 bridgehead atoms. The highest BCUT2D eigenvalue weighted by atomic mass is 16.5. The normalized spacial score (nSPS) is 17.7. The Hall–Kier alpha value is -2.74. The van der Waals surface area contributed by atoms with Crippen molar-refractivity contribution in [1.29, 1.82) is 0 Å². The molecule has 1 amide bonds. The average molecular weight is 354 g/mol. The Morgan fingerprint density at radius 3 is 3.12 bits per heavy atom. The van der Waals surface area contributed by atoms with E-state index >= 15 is 0 Å². The molecule has 2 aromatic heterocycles.